The molecule has 0 spiro atoms. The van der Waals surface area contributed by atoms with E-state index in [2.05, 4.69) is 15.5 Å². The fourth-order valence-corrected chi connectivity index (χ4v) is 2.57. The van der Waals surface area contributed by atoms with Crippen LogP contribution in [0.25, 0.3) is 11.3 Å². The molecule has 1 amide bonds. The summed E-state index contributed by atoms with van der Waals surface area (Å²) in [4.78, 5) is 24.6. The van der Waals surface area contributed by atoms with Gasteiger partial charge in [0.05, 0.1) is 11.4 Å². The lowest BCUT2D eigenvalue weighted by Gasteiger charge is -2.23. The highest BCUT2D eigenvalue weighted by Gasteiger charge is 2.23. The zero-order valence-corrected chi connectivity index (χ0v) is 15.3. The Balaban J connectivity index is 2.46. The monoisotopic (exact) mass is 331 g/mol. The van der Waals surface area contributed by atoms with Gasteiger partial charge in [0.1, 0.15) is 6.04 Å². The summed E-state index contributed by atoms with van der Waals surface area (Å²) in [5, 5.41) is 11.7. The zero-order chi connectivity index (χ0) is 18.2. The summed E-state index contributed by atoms with van der Waals surface area (Å²) < 4.78 is 3.00. The van der Waals surface area contributed by atoms with E-state index < -0.39 is 6.04 Å². The molecule has 0 aliphatic carbocycles. The number of carbonyl (C=O) groups is 1. The summed E-state index contributed by atoms with van der Waals surface area (Å²) in [7, 11) is 1.86. The molecule has 2 aromatic heterocycles. The third-order valence-electron chi connectivity index (χ3n) is 3.83. The molecular formula is C17H25N5O2. The summed E-state index contributed by atoms with van der Waals surface area (Å²) in [6, 6.07) is 2.41. The first-order chi connectivity index (χ1) is 11.0. The van der Waals surface area contributed by atoms with E-state index in [1.54, 1.807) is 17.7 Å². The Bertz CT molecular complexity index is 826. The molecule has 0 saturated carbocycles. The topological polar surface area (TPSA) is 81.8 Å². The lowest BCUT2D eigenvalue weighted by atomic mass is 10.1. The summed E-state index contributed by atoms with van der Waals surface area (Å²) in [5.74, 6) is -0.242. The van der Waals surface area contributed by atoms with E-state index in [-0.39, 0.29) is 17.0 Å². The van der Waals surface area contributed by atoms with Crippen LogP contribution in [0.5, 0.6) is 0 Å². The molecule has 0 aromatic carbocycles. The number of nitrogens with zero attached hydrogens (tertiary/aromatic N) is 4. The van der Waals surface area contributed by atoms with E-state index in [1.807, 2.05) is 41.7 Å². The van der Waals surface area contributed by atoms with Crippen molar-refractivity contribution in [3.05, 3.63) is 33.9 Å². The minimum absolute atomic E-state index is 0.242. The van der Waals surface area contributed by atoms with Crippen molar-refractivity contribution < 1.29 is 4.79 Å². The number of nitrogens with one attached hydrogen (secondary N) is 1. The van der Waals surface area contributed by atoms with Crippen molar-refractivity contribution in [3.63, 3.8) is 0 Å². The molecule has 2 heterocycles. The molecule has 0 unspecified atom stereocenters. The van der Waals surface area contributed by atoms with E-state index in [9.17, 15) is 9.59 Å². The lowest BCUT2D eigenvalue weighted by molar-refractivity contribution is -0.125. The van der Waals surface area contributed by atoms with Gasteiger partial charge in [-0.3, -0.25) is 14.3 Å². The van der Waals surface area contributed by atoms with Gasteiger partial charge >= 0.3 is 0 Å². The Morgan fingerprint density at radius 2 is 1.83 bits per heavy atom. The van der Waals surface area contributed by atoms with Gasteiger partial charge in [-0.25, -0.2) is 4.68 Å². The molecule has 0 fully saturated rings. The van der Waals surface area contributed by atoms with Gasteiger partial charge in [-0.2, -0.15) is 10.2 Å². The second-order valence-corrected chi connectivity index (χ2v) is 7.09. The van der Waals surface area contributed by atoms with Crippen LogP contribution in [0.2, 0.25) is 0 Å². The molecular weight excluding hydrogens is 306 g/mol. The maximum Gasteiger partial charge on any atom is 0.267 e. The van der Waals surface area contributed by atoms with Crippen LogP contribution in [0.4, 0.5) is 0 Å². The predicted molar refractivity (Wildman–Crippen MR) is 92.8 cm³/mol. The molecule has 0 radical (unpaired) electrons. The van der Waals surface area contributed by atoms with Crippen molar-refractivity contribution in [2.45, 2.75) is 53.1 Å². The molecule has 7 heteroatoms. The van der Waals surface area contributed by atoms with Crippen LogP contribution in [0, 0.1) is 13.8 Å². The maximum absolute atomic E-state index is 12.4. The highest BCUT2D eigenvalue weighted by Crippen LogP contribution is 2.24. The molecule has 2 rings (SSSR count). The first-order valence-electron chi connectivity index (χ1n) is 7.93. The van der Waals surface area contributed by atoms with Crippen molar-refractivity contribution in [3.8, 4) is 11.3 Å². The number of hydrogen-bond acceptors (Lipinski definition) is 4. The van der Waals surface area contributed by atoms with E-state index in [0.29, 0.717) is 5.69 Å². The molecule has 1 N–H and O–H groups in total. The van der Waals surface area contributed by atoms with Crippen molar-refractivity contribution in [1.82, 2.24) is 24.9 Å². The largest absolute Gasteiger partial charge is 0.350 e. The lowest BCUT2D eigenvalue weighted by Crippen LogP contribution is -2.45. The van der Waals surface area contributed by atoms with Crippen LogP contribution >= 0.6 is 0 Å². The number of hydrogen-bond donors (Lipinski definition) is 1. The third kappa shape index (κ3) is 3.55. The second kappa shape index (κ2) is 6.22. The second-order valence-electron chi connectivity index (χ2n) is 7.09. The van der Waals surface area contributed by atoms with Gasteiger partial charge < -0.3 is 5.32 Å². The van der Waals surface area contributed by atoms with Crippen molar-refractivity contribution in [1.29, 1.82) is 0 Å². The van der Waals surface area contributed by atoms with Gasteiger partial charge in [-0.15, -0.1) is 0 Å². The summed E-state index contributed by atoms with van der Waals surface area (Å²) in [6.45, 7) is 11.2. The van der Waals surface area contributed by atoms with Crippen LogP contribution in [-0.2, 0) is 11.8 Å². The SMILES string of the molecule is Cc1nn(C)c(C)c1-c1ccc(=O)n([C@@H](C)C(=O)NC(C)(C)C)n1. The van der Waals surface area contributed by atoms with Gasteiger partial charge in [0.2, 0.25) is 5.91 Å². The van der Waals surface area contributed by atoms with Gasteiger partial charge in [0, 0.05) is 29.9 Å². The summed E-state index contributed by atoms with van der Waals surface area (Å²) >= 11 is 0. The van der Waals surface area contributed by atoms with Crippen LogP contribution in [0.15, 0.2) is 16.9 Å². The molecule has 0 saturated heterocycles. The van der Waals surface area contributed by atoms with Gasteiger partial charge in [0.15, 0.2) is 0 Å². The molecule has 1 atom stereocenters. The Morgan fingerprint density at radius 3 is 2.33 bits per heavy atom. The molecule has 0 aliphatic heterocycles. The fourth-order valence-electron chi connectivity index (χ4n) is 2.57. The summed E-state index contributed by atoms with van der Waals surface area (Å²) in [5.41, 5.74) is 2.62. The number of rotatable bonds is 3. The number of aryl methyl sites for hydroxylation is 2. The smallest absolute Gasteiger partial charge is 0.267 e. The normalized spacial score (nSPS) is 13.0. The number of aromatic nitrogens is 4. The number of amides is 1. The van der Waals surface area contributed by atoms with E-state index in [0.717, 1.165) is 17.0 Å². The van der Waals surface area contributed by atoms with Crippen molar-refractivity contribution in [2.75, 3.05) is 0 Å². The molecule has 24 heavy (non-hydrogen) atoms. The molecule has 130 valence electrons. The standard InChI is InChI=1S/C17H25N5O2/c1-10-15(11(2)21(7)19-10)13-8-9-14(23)22(20-13)12(3)16(24)18-17(4,5)6/h8-9,12H,1-7H3,(H,18,24)/t12-/m0/s1. The van der Waals surface area contributed by atoms with Gasteiger partial charge in [0.25, 0.3) is 5.56 Å². The third-order valence-corrected chi connectivity index (χ3v) is 3.83. The van der Waals surface area contributed by atoms with E-state index in [4.69, 9.17) is 0 Å². The Labute approximate surface area is 141 Å². The Kier molecular flexibility index (Phi) is 4.64. The Morgan fingerprint density at radius 1 is 1.21 bits per heavy atom. The quantitative estimate of drug-likeness (QED) is 0.929. The number of carbonyl (C=O) groups excluding carboxylic acids is 1. The predicted octanol–water partition coefficient (Wildman–Crippen LogP) is 1.74. The van der Waals surface area contributed by atoms with Crippen LogP contribution in [0.3, 0.4) is 0 Å². The first-order valence-corrected chi connectivity index (χ1v) is 7.93. The van der Waals surface area contributed by atoms with Crippen molar-refractivity contribution >= 4 is 5.91 Å². The van der Waals surface area contributed by atoms with E-state index in [1.165, 1.54) is 10.7 Å². The van der Waals surface area contributed by atoms with Crippen LogP contribution < -0.4 is 10.9 Å². The molecule has 0 aliphatic rings. The van der Waals surface area contributed by atoms with Gasteiger partial charge in [-0.05, 0) is 47.6 Å². The molecule has 2 aromatic rings. The minimum atomic E-state index is -0.700. The average molecular weight is 331 g/mol. The first kappa shape index (κ1) is 17.9. The fraction of sp³-hybridized carbons (Fsp3) is 0.529. The van der Waals surface area contributed by atoms with Gasteiger partial charge in [-0.1, -0.05) is 0 Å². The average Bonchev–Trinajstić information content (AvgIpc) is 2.70. The highest BCUT2D eigenvalue weighted by molar-refractivity contribution is 5.80. The van der Waals surface area contributed by atoms with Crippen LogP contribution in [-0.4, -0.2) is 31.0 Å². The zero-order valence-electron chi connectivity index (χ0n) is 15.3. The highest BCUT2D eigenvalue weighted by atomic mass is 16.2. The Hall–Kier alpha value is -2.44. The molecule has 7 nitrogen and oxygen atoms in total. The summed E-state index contributed by atoms with van der Waals surface area (Å²) in [6.07, 6.45) is 0. The minimum Gasteiger partial charge on any atom is -0.350 e. The van der Waals surface area contributed by atoms with Crippen molar-refractivity contribution in [2.24, 2.45) is 7.05 Å². The maximum atomic E-state index is 12.4. The molecule has 0 bridgehead atoms. The van der Waals surface area contributed by atoms with Crippen LogP contribution in [0.1, 0.15) is 45.1 Å². The van der Waals surface area contributed by atoms with E-state index >= 15 is 0 Å².